The summed E-state index contributed by atoms with van der Waals surface area (Å²) in [6.45, 7) is -0.0498. The van der Waals surface area contributed by atoms with Crippen LogP contribution < -0.4 is 0 Å². The molecule has 0 aliphatic carbocycles. The molecule has 5 nitrogen and oxygen atoms in total. The Kier molecular flexibility index (Phi) is 2.70. The van der Waals surface area contributed by atoms with Gasteiger partial charge in [0, 0.05) is 18.0 Å². The summed E-state index contributed by atoms with van der Waals surface area (Å²) in [6, 6.07) is 5.33. The lowest BCUT2D eigenvalue weighted by atomic mass is 10.2. The molecule has 0 saturated carbocycles. The third-order valence-corrected chi connectivity index (χ3v) is 2.80. The van der Waals surface area contributed by atoms with Gasteiger partial charge >= 0.3 is 0 Å². The zero-order valence-corrected chi connectivity index (χ0v) is 10.0. The summed E-state index contributed by atoms with van der Waals surface area (Å²) in [4.78, 5) is 8.32. The van der Waals surface area contributed by atoms with Crippen LogP contribution in [0.25, 0.3) is 16.9 Å². The van der Waals surface area contributed by atoms with Crippen molar-refractivity contribution < 1.29 is 5.11 Å². The number of hydrogen-bond acceptors (Lipinski definition) is 4. The number of halogens is 1. The van der Waals surface area contributed by atoms with Crippen LogP contribution in [0.3, 0.4) is 0 Å². The molecule has 0 radical (unpaired) electrons. The van der Waals surface area contributed by atoms with Crippen LogP contribution in [0.15, 0.2) is 36.8 Å². The van der Waals surface area contributed by atoms with Gasteiger partial charge in [0.2, 0.25) is 0 Å². The first-order chi connectivity index (χ1) is 8.78. The van der Waals surface area contributed by atoms with Crippen molar-refractivity contribution in [2.75, 3.05) is 0 Å². The van der Waals surface area contributed by atoms with E-state index in [0.717, 1.165) is 16.8 Å². The lowest BCUT2D eigenvalue weighted by molar-refractivity contribution is 0.281. The van der Waals surface area contributed by atoms with E-state index in [-0.39, 0.29) is 6.61 Å². The predicted octanol–water partition coefficient (Wildman–Crippen LogP) is 1.94. The highest BCUT2D eigenvalue weighted by molar-refractivity contribution is 6.29. The number of imidazole rings is 1. The maximum Gasteiger partial charge on any atom is 0.154 e. The van der Waals surface area contributed by atoms with Crippen LogP contribution in [0.5, 0.6) is 0 Å². The second-order valence-corrected chi connectivity index (χ2v) is 4.20. The maximum absolute atomic E-state index is 9.12. The smallest absolute Gasteiger partial charge is 0.154 e. The number of rotatable bonds is 2. The van der Waals surface area contributed by atoms with Crippen molar-refractivity contribution in [1.82, 2.24) is 19.6 Å². The molecule has 0 unspecified atom stereocenters. The molecule has 0 aliphatic rings. The minimum absolute atomic E-state index is 0.0498. The fourth-order valence-electron chi connectivity index (χ4n) is 1.76. The van der Waals surface area contributed by atoms with E-state index in [1.54, 1.807) is 35.2 Å². The highest BCUT2D eigenvalue weighted by atomic mass is 35.5. The molecule has 0 atom stereocenters. The van der Waals surface area contributed by atoms with Gasteiger partial charge in [-0.3, -0.25) is 4.98 Å². The average molecular weight is 261 g/mol. The molecule has 1 N–H and O–H groups in total. The molecule has 90 valence electrons. The van der Waals surface area contributed by atoms with Crippen molar-refractivity contribution in [1.29, 1.82) is 0 Å². The Bertz CT molecular complexity index is 710. The SMILES string of the molecule is OCc1cncc(-c2cnc3ccc(Cl)nn23)c1. The Hall–Kier alpha value is -1.98. The minimum Gasteiger partial charge on any atom is -0.392 e. The molecule has 0 spiro atoms. The third kappa shape index (κ3) is 1.83. The molecular weight excluding hydrogens is 252 g/mol. The average Bonchev–Trinajstić information content (AvgIpc) is 2.81. The molecule has 0 fully saturated rings. The molecular formula is C12H9ClN4O. The fraction of sp³-hybridized carbons (Fsp3) is 0.0833. The van der Waals surface area contributed by atoms with Crippen molar-refractivity contribution in [3.8, 4) is 11.3 Å². The normalized spacial score (nSPS) is 11.0. The fourth-order valence-corrected chi connectivity index (χ4v) is 1.90. The molecule has 6 heteroatoms. The van der Waals surface area contributed by atoms with Crippen molar-refractivity contribution >= 4 is 17.2 Å². The number of fused-ring (bicyclic) bond motifs is 1. The molecule has 3 heterocycles. The Morgan fingerprint density at radius 1 is 1.22 bits per heavy atom. The van der Waals surface area contributed by atoms with Gasteiger partial charge in [0.05, 0.1) is 18.5 Å². The lowest BCUT2D eigenvalue weighted by Gasteiger charge is -2.02. The highest BCUT2D eigenvalue weighted by Crippen LogP contribution is 2.21. The standard InChI is InChI=1S/C12H9ClN4O/c13-11-1-2-12-15-6-10(17(12)16-11)9-3-8(7-18)4-14-5-9/h1-6,18H,7H2. The van der Waals surface area contributed by atoms with E-state index in [1.807, 2.05) is 6.07 Å². The van der Waals surface area contributed by atoms with E-state index in [9.17, 15) is 0 Å². The largest absolute Gasteiger partial charge is 0.392 e. The Morgan fingerprint density at radius 3 is 2.94 bits per heavy atom. The molecule has 0 aromatic carbocycles. The summed E-state index contributed by atoms with van der Waals surface area (Å²) in [5.41, 5.74) is 3.08. The van der Waals surface area contributed by atoms with Crippen molar-refractivity contribution in [2.45, 2.75) is 6.61 Å². The monoisotopic (exact) mass is 260 g/mol. The van der Waals surface area contributed by atoms with Crippen LogP contribution in [0.1, 0.15) is 5.56 Å². The Labute approximate surface area is 108 Å². The number of hydrogen-bond donors (Lipinski definition) is 1. The van der Waals surface area contributed by atoms with Crippen LogP contribution in [-0.2, 0) is 6.61 Å². The van der Waals surface area contributed by atoms with Crippen molar-refractivity contribution in [3.05, 3.63) is 47.5 Å². The molecule has 0 bridgehead atoms. The first-order valence-corrected chi connectivity index (χ1v) is 5.71. The van der Waals surface area contributed by atoms with Gasteiger partial charge in [0.25, 0.3) is 0 Å². The van der Waals surface area contributed by atoms with Crippen molar-refractivity contribution in [2.24, 2.45) is 0 Å². The van der Waals surface area contributed by atoms with Gasteiger partial charge in [-0.1, -0.05) is 11.6 Å². The van der Waals surface area contributed by atoms with E-state index in [4.69, 9.17) is 16.7 Å². The van der Waals surface area contributed by atoms with Crippen LogP contribution in [0.2, 0.25) is 5.15 Å². The van der Waals surface area contributed by atoms with Gasteiger partial charge in [-0.2, -0.15) is 5.10 Å². The van der Waals surface area contributed by atoms with E-state index < -0.39 is 0 Å². The number of aliphatic hydroxyl groups excluding tert-OH is 1. The van der Waals surface area contributed by atoms with Crippen LogP contribution in [0.4, 0.5) is 0 Å². The van der Waals surface area contributed by atoms with E-state index >= 15 is 0 Å². The topological polar surface area (TPSA) is 63.3 Å². The second-order valence-electron chi connectivity index (χ2n) is 3.81. The summed E-state index contributed by atoms with van der Waals surface area (Å²) in [7, 11) is 0. The molecule has 3 aromatic heterocycles. The van der Waals surface area contributed by atoms with Gasteiger partial charge < -0.3 is 5.11 Å². The Balaban J connectivity index is 2.21. The van der Waals surface area contributed by atoms with Crippen LogP contribution >= 0.6 is 11.6 Å². The van der Waals surface area contributed by atoms with E-state index in [0.29, 0.717) is 10.8 Å². The summed E-state index contributed by atoms with van der Waals surface area (Å²) in [5.74, 6) is 0. The number of aromatic nitrogens is 4. The zero-order chi connectivity index (χ0) is 12.5. The van der Waals surface area contributed by atoms with Crippen LogP contribution in [-0.4, -0.2) is 24.7 Å². The van der Waals surface area contributed by atoms with Gasteiger partial charge in [-0.15, -0.1) is 0 Å². The third-order valence-electron chi connectivity index (χ3n) is 2.60. The Morgan fingerprint density at radius 2 is 2.11 bits per heavy atom. The lowest BCUT2D eigenvalue weighted by Crippen LogP contribution is -1.95. The molecule has 3 rings (SSSR count). The maximum atomic E-state index is 9.12. The quantitative estimate of drug-likeness (QED) is 0.765. The molecule has 0 saturated heterocycles. The van der Waals surface area contributed by atoms with E-state index in [2.05, 4.69) is 15.1 Å². The summed E-state index contributed by atoms with van der Waals surface area (Å²) >= 11 is 5.88. The second kappa shape index (κ2) is 4.36. The number of nitrogens with zero attached hydrogens (tertiary/aromatic N) is 4. The molecule has 3 aromatic rings. The van der Waals surface area contributed by atoms with E-state index in [1.165, 1.54) is 0 Å². The predicted molar refractivity (Wildman–Crippen MR) is 67.2 cm³/mol. The molecule has 0 aliphatic heterocycles. The van der Waals surface area contributed by atoms with Gasteiger partial charge in [0.1, 0.15) is 5.15 Å². The zero-order valence-electron chi connectivity index (χ0n) is 9.29. The highest BCUT2D eigenvalue weighted by Gasteiger charge is 2.08. The first-order valence-electron chi connectivity index (χ1n) is 5.33. The summed E-state index contributed by atoms with van der Waals surface area (Å²) in [5, 5.41) is 13.7. The molecule has 18 heavy (non-hydrogen) atoms. The number of pyridine rings is 1. The molecule has 0 amide bonds. The van der Waals surface area contributed by atoms with Gasteiger partial charge in [-0.05, 0) is 23.8 Å². The van der Waals surface area contributed by atoms with Crippen molar-refractivity contribution in [3.63, 3.8) is 0 Å². The first kappa shape index (κ1) is 11.1. The van der Waals surface area contributed by atoms with Gasteiger partial charge in [0.15, 0.2) is 5.65 Å². The van der Waals surface area contributed by atoms with Crippen LogP contribution in [0, 0.1) is 0 Å². The minimum atomic E-state index is -0.0498. The number of aliphatic hydroxyl groups is 1. The van der Waals surface area contributed by atoms with Gasteiger partial charge in [-0.25, -0.2) is 9.50 Å². The summed E-state index contributed by atoms with van der Waals surface area (Å²) < 4.78 is 1.65. The summed E-state index contributed by atoms with van der Waals surface area (Å²) in [6.07, 6.45) is 5.02.